The van der Waals surface area contributed by atoms with Gasteiger partial charge in [-0.05, 0) is 94.8 Å². The molecule has 0 radical (unpaired) electrons. The largest absolute Gasteiger partial charge is 0.493 e. The molecule has 4 rings (SSSR count). The average molecular weight is 635 g/mol. The van der Waals surface area contributed by atoms with Gasteiger partial charge in [-0.1, -0.05) is 106 Å². The Morgan fingerprint density at radius 2 is 1.32 bits per heavy atom. The van der Waals surface area contributed by atoms with Gasteiger partial charge in [-0.15, -0.1) is 0 Å². The van der Waals surface area contributed by atoms with Crippen LogP contribution in [-0.4, -0.2) is 42.6 Å². The highest BCUT2D eigenvalue weighted by Crippen LogP contribution is 2.34. The van der Waals surface area contributed by atoms with Gasteiger partial charge < -0.3 is 19.7 Å². The van der Waals surface area contributed by atoms with Crippen LogP contribution < -0.4 is 4.74 Å². The van der Waals surface area contributed by atoms with Crippen LogP contribution in [0.2, 0.25) is 0 Å². The lowest BCUT2D eigenvalue weighted by atomic mass is 9.92. The monoisotopic (exact) mass is 634 g/mol. The van der Waals surface area contributed by atoms with E-state index in [-0.39, 0.29) is 25.7 Å². The summed E-state index contributed by atoms with van der Waals surface area (Å²) in [6.07, 6.45) is 6.80. The summed E-state index contributed by atoms with van der Waals surface area (Å²) in [5, 5.41) is 18.8. The normalized spacial score (nSPS) is 11.1. The lowest BCUT2D eigenvalue weighted by Gasteiger charge is -2.17. The van der Waals surface area contributed by atoms with Crippen LogP contribution in [0.5, 0.6) is 5.75 Å². The van der Waals surface area contributed by atoms with Crippen LogP contribution in [0.3, 0.4) is 0 Å². The molecule has 0 heterocycles. The maximum absolute atomic E-state index is 12.0. The lowest BCUT2D eigenvalue weighted by Crippen LogP contribution is -2.15. The SMILES string of the molecule is C=C(C)C(=O)OCCc1cc(-c2ccc(-c3ccc(-c4ccc(CCCCC)cc4)cc3)cc2CC)ccc1OCCC(CO)CO. The average Bonchev–Trinajstić information content (AvgIpc) is 3.10. The second-order valence-electron chi connectivity index (χ2n) is 12.3. The molecule has 2 N–H and O–H groups in total. The summed E-state index contributed by atoms with van der Waals surface area (Å²) in [4.78, 5) is 12.0. The number of ether oxygens (including phenoxy) is 2. The van der Waals surface area contributed by atoms with Gasteiger partial charge in [0.1, 0.15) is 5.75 Å². The van der Waals surface area contributed by atoms with Gasteiger partial charge in [-0.2, -0.15) is 0 Å². The zero-order valence-electron chi connectivity index (χ0n) is 28.3. The Morgan fingerprint density at radius 3 is 1.94 bits per heavy atom. The number of unbranched alkanes of at least 4 members (excludes halogenated alkanes) is 2. The molecule has 0 bridgehead atoms. The summed E-state index contributed by atoms with van der Waals surface area (Å²) in [5.41, 5.74) is 11.0. The van der Waals surface area contributed by atoms with E-state index < -0.39 is 5.97 Å². The van der Waals surface area contributed by atoms with Crippen molar-refractivity contribution >= 4 is 5.97 Å². The minimum Gasteiger partial charge on any atom is -0.493 e. The van der Waals surface area contributed by atoms with Crippen molar-refractivity contribution in [2.75, 3.05) is 26.4 Å². The Bertz CT molecular complexity index is 1580. The van der Waals surface area contributed by atoms with E-state index in [1.807, 2.05) is 6.07 Å². The predicted octanol–water partition coefficient (Wildman–Crippen LogP) is 9.01. The fourth-order valence-electron chi connectivity index (χ4n) is 5.68. The van der Waals surface area contributed by atoms with Crippen LogP contribution >= 0.6 is 0 Å². The first kappa shape index (κ1) is 35.7. The fourth-order valence-corrected chi connectivity index (χ4v) is 5.68. The maximum Gasteiger partial charge on any atom is 0.333 e. The summed E-state index contributed by atoms with van der Waals surface area (Å²) in [7, 11) is 0. The molecule has 0 unspecified atom stereocenters. The zero-order valence-corrected chi connectivity index (χ0v) is 28.3. The molecule has 0 atom stereocenters. The van der Waals surface area contributed by atoms with Gasteiger partial charge in [0, 0.05) is 31.1 Å². The Morgan fingerprint density at radius 1 is 0.723 bits per heavy atom. The molecular weight excluding hydrogens is 584 g/mol. The first-order valence-electron chi connectivity index (χ1n) is 17.0. The summed E-state index contributed by atoms with van der Waals surface area (Å²) < 4.78 is 11.5. The Balaban J connectivity index is 1.53. The molecule has 0 fully saturated rings. The fraction of sp³-hybridized carbons (Fsp3) is 0.357. The van der Waals surface area contributed by atoms with E-state index in [1.54, 1.807) is 6.92 Å². The molecule has 0 aliphatic carbocycles. The van der Waals surface area contributed by atoms with Gasteiger partial charge in [0.15, 0.2) is 0 Å². The molecular formula is C42H50O5. The quantitative estimate of drug-likeness (QED) is 0.0649. The van der Waals surface area contributed by atoms with Crippen LogP contribution in [0, 0.1) is 5.92 Å². The number of aryl methyl sites for hydroxylation is 2. The second kappa shape index (κ2) is 18.2. The number of aliphatic hydroxyl groups excluding tert-OH is 2. The van der Waals surface area contributed by atoms with E-state index in [0.29, 0.717) is 30.8 Å². The summed E-state index contributed by atoms with van der Waals surface area (Å²) in [6.45, 7) is 10.1. The standard InChI is InChI=1S/C42H50O5/c1-5-7-8-9-31-10-12-34(13-11-31)35-14-16-36(17-15-35)37-18-20-40(33(6-2)26-37)38-19-21-41(46-24-22-32(28-43)29-44)39(27-38)23-25-47-42(45)30(3)4/h10-21,26-27,32,43-44H,3,5-9,22-25,28-29H2,1-2,4H3. The van der Waals surface area contributed by atoms with E-state index in [9.17, 15) is 15.0 Å². The number of hydrogen-bond donors (Lipinski definition) is 2. The van der Waals surface area contributed by atoms with E-state index in [1.165, 1.54) is 52.6 Å². The van der Waals surface area contributed by atoms with Crippen LogP contribution in [0.15, 0.2) is 97.1 Å². The zero-order chi connectivity index (χ0) is 33.6. The molecule has 5 nitrogen and oxygen atoms in total. The number of carbonyl (C=O) groups excluding carboxylic acids is 1. The van der Waals surface area contributed by atoms with Gasteiger partial charge >= 0.3 is 5.97 Å². The van der Waals surface area contributed by atoms with Crippen LogP contribution in [0.25, 0.3) is 33.4 Å². The molecule has 0 amide bonds. The molecule has 5 heteroatoms. The van der Waals surface area contributed by atoms with Crippen molar-refractivity contribution in [1.82, 2.24) is 0 Å². The van der Waals surface area contributed by atoms with Crippen molar-refractivity contribution in [3.05, 3.63) is 114 Å². The van der Waals surface area contributed by atoms with Crippen LogP contribution in [0.1, 0.15) is 63.1 Å². The third kappa shape index (κ3) is 10.1. The summed E-state index contributed by atoms with van der Waals surface area (Å²) >= 11 is 0. The van der Waals surface area contributed by atoms with Gasteiger partial charge in [-0.3, -0.25) is 0 Å². The number of hydrogen-bond acceptors (Lipinski definition) is 5. The number of rotatable bonds is 18. The molecule has 0 aliphatic rings. The van der Waals surface area contributed by atoms with Gasteiger partial charge in [0.05, 0.1) is 13.2 Å². The minimum atomic E-state index is -0.412. The van der Waals surface area contributed by atoms with Crippen molar-refractivity contribution in [3.63, 3.8) is 0 Å². The third-order valence-corrected chi connectivity index (χ3v) is 8.69. The topological polar surface area (TPSA) is 76.0 Å². The third-order valence-electron chi connectivity index (χ3n) is 8.69. The first-order chi connectivity index (χ1) is 22.9. The van der Waals surface area contributed by atoms with Crippen LogP contribution in [0.4, 0.5) is 0 Å². The lowest BCUT2D eigenvalue weighted by molar-refractivity contribution is -0.138. The van der Waals surface area contributed by atoms with Crippen molar-refractivity contribution in [3.8, 4) is 39.1 Å². The van der Waals surface area contributed by atoms with E-state index in [2.05, 4.69) is 99.3 Å². The summed E-state index contributed by atoms with van der Waals surface area (Å²) in [5.74, 6) is 0.0725. The Labute approximate surface area is 280 Å². The Hall–Kier alpha value is -4.19. The van der Waals surface area contributed by atoms with Crippen LogP contribution in [-0.2, 0) is 28.8 Å². The van der Waals surface area contributed by atoms with Crippen molar-refractivity contribution in [1.29, 1.82) is 0 Å². The molecule has 0 aliphatic heterocycles. The molecule has 4 aromatic carbocycles. The summed E-state index contributed by atoms with van der Waals surface area (Å²) in [6, 6.07) is 30.6. The smallest absolute Gasteiger partial charge is 0.333 e. The highest BCUT2D eigenvalue weighted by atomic mass is 16.5. The number of benzene rings is 4. The highest BCUT2D eigenvalue weighted by molar-refractivity contribution is 5.87. The molecule has 0 spiro atoms. The van der Waals surface area contributed by atoms with E-state index in [4.69, 9.17) is 9.47 Å². The van der Waals surface area contributed by atoms with Gasteiger partial charge in [0.2, 0.25) is 0 Å². The highest BCUT2D eigenvalue weighted by Gasteiger charge is 2.14. The van der Waals surface area contributed by atoms with Gasteiger partial charge in [0.25, 0.3) is 0 Å². The second-order valence-corrected chi connectivity index (χ2v) is 12.3. The molecule has 0 saturated heterocycles. The molecule has 0 saturated carbocycles. The van der Waals surface area contributed by atoms with Crippen molar-refractivity contribution in [2.24, 2.45) is 5.92 Å². The van der Waals surface area contributed by atoms with E-state index >= 15 is 0 Å². The van der Waals surface area contributed by atoms with Gasteiger partial charge in [-0.25, -0.2) is 4.79 Å². The molecule has 4 aromatic rings. The molecule has 47 heavy (non-hydrogen) atoms. The van der Waals surface area contributed by atoms with Crippen molar-refractivity contribution < 1.29 is 24.5 Å². The minimum absolute atomic E-state index is 0.0878. The first-order valence-corrected chi connectivity index (χ1v) is 17.0. The van der Waals surface area contributed by atoms with Crippen molar-refractivity contribution in [2.45, 2.75) is 65.7 Å². The molecule has 248 valence electrons. The maximum atomic E-state index is 12.0. The number of aliphatic hydroxyl groups is 2. The number of carbonyl (C=O) groups is 1. The molecule has 0 aromatic heterocycles. The number of esters is 1. The Kier molecular flexibility index (Phi) is 13.8. The van der Waals surface area contributed by atoms with E-state index in [0.717, 1.165) is 29.5 Å². The predicted molar refractivity (Wildman–Crippen MR) is 193 cm³/mol.